The SMILES string of the molecule is CC(=O)CC1CCCCN1C(=O)c1cc(C)c(C)s1. The predicted molar refractivity (Wildman–Crippen MR) is 77.8 cm³/mol. The highest BCUT2D eigenvalue weighted by molar-refractivity contribution is 7.14. The molecule has 0 spiro atoms. The zero-order valence-corrected chi connectivity index (χ0v) is 12.7. The van der Waals surface area contributed by atoms with Crippen LogP contribution >= 0.6 is 11.3 Å². The minimum atomic E-state index is 0.0986. The molecule has 3 nitrogen and oxygen atoms in total. The molecular formula is C15H21NO2S. The van der Waals surface area contributed by atoms with Crippen LogP contribution in [-0.4, -0.2) is 29.2 Å². The van der Waals surface area contributed by atoms with Gasteiger partial charge >= 0.3 is 0 Å². The third-order valence-corrected chi connectivity index (χ3v) is 4.93. The number of ketones is 1. The molecule has 19 heavy (non-hydrogen) atoms. The van der Waals surface area contributed by atoms with Crippen LogP contribution in [0.4, 0.5) is 0 Å². The Morgan fingerprint density at radius 2 is 2.11 bits per heavy atom. The van der Waals surface area contributed by atoms with E-state index in [1.165, 1.54) is 10.4 Å². The molecule has 1 aliphatic heterocycles. The van der Waals surface area contributed by atoms with Crippen LogP contribution in [0.5, 0.6) is 0 Å². The van der Waals surface area contributed by atoms with Crippen LogP contribution in [0.3, 0.4) is 0 Å². The van der Waals surface area contributed by atoms with Gasteiger partial charge in [-0.15, -0.1) is 11.3 Å². The van der Waals surface area contributed by atoms with Gasteiger partial charge in [0.15, 0.2) is 0 Å². The lowest BCUT2D eigenvalue weighted by Crippen LogP contribution is -2.44. The maximum Gasteiger partial charge on any atom is 0.264 e. The summed E-state index contributed by atoms with van der Waals surface area (Å²) in [4.78, 5) is 27.8. The van der Waals surface area contributed by atoms with Crippen molar-refractivity contribution in [1.82, 2.24) is 4.90 Å². The van der Waals surface area contributed by atoms with E-state index in [1.54, 1.807) is 18.3 Å². The van der Waals surface area contributed by atoms with Crippen LogP contribution < -0.4 is 0 Å². The van der Waals surface area contributed by atoms with E-state index in [1.807, 2.05) is 24.8 Å². The van der Waals surface area contributed by atoms with Crippen LogP contribution in [0.1, 0.15) is 52.7 Å². The zero-order valence-electron chi connectivity index (χ0n) is 11.9. The molecule has 0 aliphatic carbocycles. The lowest BCUT2D eigenvalue weighted by Gasteiger charge is -2.35. The van der Waals surface area contributed by atoms with Crippen molar-refractivity contribution in [1.29, 1.82) is 0 Å². The number of hydrogen-bond donors (Lipinski definition) is 0. The Kier molecular flexibility index (Phi) is 4.40. The van der Waals surface area contributed by atoms with Gasteiger partial charge in [-0.1, -0.05) is 0 Å². The van der Waals surface area contributed by atoms with Crippen molar-refractivity contribution in [2.45, 2.75) is 52.5 Å². The van der Waals surface area contributed by atoms with Crippen molar-refractivity contribution in [2.24, 2.45) is 0 Å². The molecule has 2 rings (SSSR count). The molecule has 0 bridgehead atoms. The first kappa shape index (κ1) is 14.3. The van der Waals surface area contributed by atoms with E-state index in [-0.39, 0.29) is 17.7 Å². The smallest absolute Gasteiger partial charge is 0.264 e. The molecular weight excluding hydrogens is 258 g/mol. The van der Waals surface area contributed by atoms with E-state index < -0.39 is 0 Å². The largest absolute Gasteiger partial charge is 0.335 e. The van der Waals surface area contributed by atoms with Gasteiger partial charge in [-0.3, -0.25) is 9.59 Å². The second-order valence-electron chi connectivity index (χ2n) is 5.40. The standard InChI is InChI=1S/C15H21NO2S/c1-10-8-14(19-12(10)3)15(18)16-7-5-4-6-13(16)9-11(2)17/h8,13H,4-7,9H2,1-3H3. The quantitative estimate of drug-likeness (QED) is 0.851. The van der Waals surface area contributed by atoms with E-state index in [2.05, 4.69) is 0 Å². The summed E-state index contributed by atoms with van der Waals surface area (Å²) < 4.78 is 0. The maximum absolute atomic E-state index is 12.6. The first-order chi connectivity index (χ1) is 8.99. The highest BCUT2D eigenvalue weighted by Crippen LogP contribution is 2.26. The fourth-order valence-electron chi connectivity index (χ4n) is 2.63. The van der Waals surface area contributed by atoms with Crippen LogP contribution in [0.25, 0.3) is 0 Å². The molecule has 0 N–H and O–H groups in total. The van der Waals surface area contributed by atoms with Crippen molar-refractivity contribution in [3.05, 3.63) is 21.4 Å². The molecule has 1 amide bonds. The number of piperidine rings is 1. The normalized spacial score (nSPS) is 19.5. The van der Waals surface area contributed by atoms with Crippen molar-refractivity contribution >= 4 is 23.0 Å². The summed E-state index contributed by atoms with van der Waals surface area (Å²) in [6, 6.07) is 2.07. The third kappa shape index (κ3) is 3.24. The molecule has 2 heterocycles. The van der Waals surface area contributed by atoms with E-state index >= 15 is 0 Å². The Morgan fingerprint density at radius 1 is 1.37 bits per heavy atom. The Bertz CT molecular complexity index is 473. The number of thiophene rings is 1. The summed E-state index contributed by atoms with van der Waals surface area (Å²) in [5.74, 6) is 0.274. The fourth-order valence-corrected chi connectivity index (χ4v) is 3.62. The van der Waals surface area contributed by atoms with Gasteiger partial charge in [-0.25, -0.2) is 0 Å². The second-order valence-corrected chi connectivity index (χ2v) is 6.66. The molecule has 1 aromatic heterocycles. The molecule has 0 aromatic carbocycles. The average Bonchev–Trinajstić information content (AvgIpc) is 2.69. The lowest BCUT2D eigenvalue weighted by atomic mass is 9.97. The molecule has 1 saturated heterocycles. The van der Waals surface area contributed by atoms with Gasteiger partial charge < -0.3 is 4.90 Å². The summed E-state index contributed by atoms with van der Waals surface area (Å²) >= 11 is 1.56. The number of carbonyl (C=O) groups is 2. The summed E-state index contributed by atoms with van der Waals surface area (Å²) in [5.41, 5.74) is 1.17. The van der Waals surface area contributed by atoms with Crippen LogP contribution in [-0.2, 0) is 4.79 Å². The second kappa shape index (κ2) is 5.87. The van der Waals surface area contributed by atoms with Crippen LogP contribution in [0, 0.1) is 13.8 Å². The number of carbonyl (C=O) groups excluding carboxylic acids is 2. The highest BCUT2D eigenvalue weighted by atomic mass is 32.1. The number of rotatable bonds is 3. The minimum Gasteiger partial charge on any atom is -0.335 e. The first-order valence-corrected chi connectivity index (χ1v) is 7.68. The third-order valence-electron chi connectivity index (χ3n) is 3.79. The molecule has 0 saturated carbocycles. The van der Waals surface area contributed by atoms with Gasteiger partial charge in [0.05, 0.1) is 4.88 Å². The summed E-state index contributed by atoms with van der Waals surface area (Å²) in [7, 11) is 0. The molecule has 0 radical (unpaired) electrons. The van der Waals surface area contributed by atoms with E-state index in [4.69, 9.17) is 0 Å². The lowest BCUT2D eigenvalue weighted by molar-refractivity contribution is -0.118. The van der Waals surface area contributed by atoms with Gasteiger partial charge in [-0.2, -0.15) is 0 Å². The Labute approximate surface area is 118 Å². The monoisotopic (exact) mass is 279 g/mol. The maximum atomic E-state index is 12.6. The highest BCUT2D eigenvalue weighted by Gasteiger charge is 2.29. The van der Waals surface area contributed by atoms with Crippen molar-refractivity contribution in [3.8, 4) is 0 Å². The van der Waals surface area contributed by atoms with Crippen molar-refractivity contribution < 1.29 is 9.59 Å². The van der Waals surface area contributed by atoms with Gasteiger partial charge in [0.1, 0.15) is 5.78 Å². The van der Waals surface area contributed by atoms with Crippen LogP contribution in [0.15, 0.2) is 6.07 Å². The van der Waals surface area contributed by atoms with E-state index in [0.717, 1.165) is 30.7 Å². The Morgan fingerprint density at radius 3 is 2.68 bits per heavy atom. The minimum absolute atomic E-state index is 0.0986. The molecule has 1 fully saturated rings. The number of Topliss-reactive ketones (excluding diaryl/α,β-unsaturated/α-hetero) is 1. The van der Waals surface area contributed by atoms with Crippen molar-refractivity contribution in [2.75, 3.05) is 6.54 Å². The van der Waals surface area contributed by atoms with E-state index in [0.29, 0.717) is 6.42 Å². The fraction of sp³-hybridized carbons (Fsp3) is 0.600. The molecule has 1 aromatic rings. The summed E-state index contributed by atoms with van der Waals surface area (Å²) in [5, 5.41) is 0. The summed E-state index contributed by atoms with van der Waals surface area (Å²) in [6.07, 6.45) is 3.61. The molecule has 104 valence electrons. The molecule has 4 heteroatoms. The van der Waals surface area contributed by atoms with Gasteiger partial charge in [-0.05, 0) is 51.7 Å². The number of aryl methyl sites for hydroxylation is 2. The zero-order chi connectivity index (χ0) is 14.0. The topological polar surface area (TPSA) is 37.4 Å². The molecule has 1 aliphatic rings. The Hall–Kier alpha value is -1.16. The number of nitrogens with zero attached hydrogens (tertiary/aromatic N) is 1. The number of likely N-dealkylation sites (tertiary alicyclic amines) is 1. The number of amides is 1. The summed E-state index contributed by atoms with van der Waals surface area (Å²) in [6.45, 7) is 6.47. The van der Waals surface area contributed by atoms with Crippen LogP contribution in [0.2, 0.25) is 0 Å². The predicted octanol–water partition coefficient (Wildman–Crippen LogP) is 3.34. The first-order valence-electron chi connectivity index (χ1n) is 6.86. The average molecular weight is 279 g/mol. The van der Waals surface area contributed by atoms with E-state index in [9.17, 15) is 9.59 Å². The Balaban J connectivity index is 2.17. The number of hydrogen-bond acceptors (Lipinski definition) is 3. The van der Waals surface area contributed by atoms with Gasteiger partial charge in [0.25, 0.3) is 5.91 Å². The van der Waals surface area contributed by atoms with Crippen molar-refractivity contribution in [3.63, 3.8) is 0 Å². The van der Waals surface area contributed by atoms with Gasteiger partial charge in [0, 0.05) is 23.9 Å². The van der Waals surface area contributed by atoms with Gasteiger partial charge in [0.2, 0.25) is 0 Å². The molecule has 1 atom stereocenters. The molecule has 1 unspecified atom stereocenters.